The fraction of sp³-hybridized carbons (Fsp3) is 0.450. The van der Waals surface area contributed by atoms with Crippen molar-refractivity contribution in [2.24, 2.45) is 5.92 Å². The van der Waals surface area contributed by atoms with Crippen molar-refractivity contribution < 1.29 is 4.79 Å². The van der Waals surface area contributed by atoms with Gasteiger partial charge in [-0.3, -0.25) is 4.79 Å². The average Bonchev–Trinajstić information content (AvgIpc) is 2.68. The lowest BCUT2D eigenvalue weighted by molar-refractivity contribution is 0.0390. The number of hydrogen-bond acceptors (Lipinski definition) is 3. The highest BCUT2D eigenvalue weighted by Gasteiger charge is 2.36. The first-order valence-electron chi connectivity index (χ1n) is 9.01. The predicted molar refractivity (Wildman–Crippen MR) is 93.5 cm³/mol. The van der Waals surface area contributed by atoms with Crippen LogP contribution in [0.15, 0.2) is 42.7 Å². The first kappa shape index (κ1) is 15.3. The highest BCUT2D eigenvalue weighted by Crippen LogP contribution is 2.35. The maximum atomic E-state index is 12.9. The number of piperidine rings is 1. The molecule has 2 fully saturated rings. The van der Waals surface area contributed by atoms with Crippen LogP contribution in [0.2, 0.25) is 0 Å². The van der Waals surface area contributed by atoms with Gasteiger partial charge in [-0.1, -0.05) is 43.2 Å². The number of carbonyl (C=O) groups excluding carboxylic acids is 1. The number of nitrogens with zero attached hydrogens (tertiary/aromatic N) is 3. The van der Waals surface area contributed by atoms with Gasteiger partial charge in [0.25, 0.3) is 5.91 Å². The Morgan fingerprint density at radius 3 is 2.46 bits per heavy atom. The summed E-state index contributed by atoms with van der Waals surface area (Å²) in [4.78, 5) is 23.9. The molecule has 124 valence electrons. The molecule has 4 nitrogen and oxygen atoms in total. The molecule has 1 saturated heterocycles. The molecule has 24 heavy (non-hydrogen) atoms. The number of likely N-dealkylation sites (tertiary alicyclic amines) is 1. The number of amides is 1. The van der Waals surface area contributed by atoms with Crippen LogP contribution in [0.1, 0.15) is 48.9 Å². The first-order valence-corrected chi connectivity index (χ1v) is 9.01. The Hall–Kier alpha value is -2.23. The monoisotopic (exact) mass is 321 g/mol. The molecule has 2 aromatic rings. The maximum Gasteiger partial charge on any atom is 0.257 e. The quantitative estimate of drug-likeness (QED) is 0.841. The fourth-order valence-corrected chi connectivity index (χ4v) is 4.22. The molecule has 1 aromatic heterocycles. The number of rotatable bonds is 2. The Bertz CT molecular complexity index is 697. The van der Waals surface area contributed by atoms with Gasteiger partial charge in [0.1, 0.15) is 0 Å². The van der Waals surface area contributed by atoms with Gasteiger partial charge in [0.15, 0.2) is 5.82 Å². The summed E-state index contributed by atoms with van der Waals surface area (Å²) in [5, 5.41) is 0. The third kappa shape index (κ3) is 2.93. The van der Waals surface area contributed by atoms with Crippen LogP contribution < -0.4 is 0 Å². The Kier molecular flexibility index (Phi) is 4.28. The van der Waals surface area contributed by atoms with Gasteiger partial charge in [-0.05, 0) is 31.6 Å². The van der Waals surface area contributed by atoms with Gasteiger partial charge in [-0.25, -0.2) is 9.97 Å². The molecule has 1 aromatic carbocycles. The fourth-order valence-electron chi connectivity index (χ4n) is 4.22. The molecule has 0 N–H and O–H groups in total. The zero-order valence-electron chi connectivity index (χ0n) is 13.9. The lowest BCUT2D eigenvalue weighted by Crippen LogP contribution is -2.49. The van der Waals surface area contributed by atoms with Crippen LogP contribution in [-0.4, -0.2) is 33.4 Å². The van der Waals surface area contributed by atoms with Crippen molar-refractivity contribution in [1.29, 1.82) is 0 Å². The molecule has 4 heteroatoms. The summed E-state index contributed by atoms with van der Waals surface area (Å²) in [6.07, 6.45) is 10.8. The minimum atomic E-state index is 0.103. The standard InChI is InChI=1S/C20H23N3O/c24-20(23-12-6-10-15-7-4-5-11-18(15)23)17-13-21-19(22-14-17)16-8-2-1-3-9-16/h1-3,8-9,13-15,18H,4-7,10-12H2/t15-,18-/m0/s1. The van der Waals surface area contributed by atoms with Gasteiger partial charge < -0.3 is 4.90 Å². The molecule has 0 spiro atoms. The second-order valence-corrected chi connectivity index (χ2v) is 6.91. The van der Waals surface area contributed by atoms with E-state index in [-0.39, 0.29) is 5.91 Å². The van der Waals surface area contributed by atoms with Crippen LogP contribution in [-0.2, 0) is 0 Å². The molecule has 2 atom stereocenters. The van der Waals surface area contributed by atoms with Crippen LogP contribution in [0.5, 0.6) is 0 Å². The van der Waals surface area contributed by atoms with Gasteiger partial charge in [0, 0.05) is 30.5 Å². The van der Waals surface area contributed by atoms with Crippen molar-refractivity contribution in [3.8, 4) is 11.4 Å². The van der Waals surface area contributed by atoms with Crippen molar-refractivity contribution in [1.82, 2.24) is 14.9 Å². The first-order chi connectivity index (χ1) is 11.8. The Morgan fingerprint density at radius 1 is 0.958 bits per heavy atom. The Morgan fingerprint density at radius 2 is 1.67 bits per heavy atom. The summed E-state index contributed by atoms with van der Waals surface area (Å²) in [7, 11) is 0. The lowest BCUT2D eigenvalue weighted by Gasteiger charge is -2.44. The van der Waals surface area contributed by atoms with E-state index in [0.29, 0.717) is 23.3 Å². The lowest BCUT2D eigenvalue weighted by atomic mass is 9.78. The molecule has 4 rings (SSSR count). The largest absolute Gasteiger partial charge is 0.335 e. The van der Waals surface area contributed by atoms with Crippen LogP contribution in [0.25, 0.3) is 11.4 Å². The van der Waals surface area contributed by atoms with Crippen LogP contribution in [0.4, 0.5) is 0 Å². The third-order valence-corrected chi connectivity index (χ3v) is 5.43. The zero-order valence-corrected chi connectivity index (χ0v) is 13.9. The number of carbonyl (C=O) groups is 1. The molecular formula is C20H23N3O. The third-order valence-electron chi connectivity index (χ3n) is 5.43. The van der Waals surface area contributed by atoms with E-state index in [4.69, 9.17) is 0 Å². The summed E-state index contributed by atoms with van der Waals surface area (Å²) in [6.45, 7) is 0.875. The van der Waals surface area contributed by atoms with Gasteiger partial charge >= 0.3 is 0 Å². The van der Waals surface area contributed by atoms with E-state index in [9.17, 15) is 4.79 Å². The van der Waals surface area contributed by atoms with E-state index >= 15 is 0 Å². The summed E-state index contributed by atoms with van der Waals surface area (Å²) in [5.41, 5.74) is 1.59. The maximum absolute atomic E-state index is 12.9. The van der Waals surface area contributed by atoms with Crippen molar-refractivity contribution in [2.75, 3.05) is 6.54 Å². The normalized spacial score (nSPS) is 23.6. The molecule has 1 aliphatic heterocycles. The van der Waals surface area contributed by atoms with Crippen LogP contribution in [0, 0.1) is 5.92 Å². The van der Waals surface area contributed by atoms with Gasteiger partial charge in [0.2, 0.25) is 0 Å². The minimum absolute atomic E-state index is 0.103. The summed E-state index contributed by atoms with van der Waals surface area (Å²) in [5.74, 6) is 1.47. The second-order valence-electron chi connectivity index (χ2n) is 6.91. The summed E-state index contributed by atoms with van der Waals surface area (Å²) < 4.78 is 0. The molecule has 0 radical (unpaired) electrons. The van der Waals surface area contributed by atoms with Crippen molar-refractivity contribution in [3.05, 3.63) is 48.3 Å². The SMILES string of the molecule is O=C(c1cnc(-c2ccccc2)nc1)N1CCC[C@@H]2CCCC[C@@H]21. The molecule has 2 heterocycles. The van der Waals surface area contributed by atoms with Gasteiger partial charge in [-0.2, -0.15) is 0 Å². The summed E-state index contributed by atoms with van der Waals surface area (Å²) in [6, 6.07) is 10.3. The molecular weight excluding hydrogens is 298 g/mol. The number of benzene rings is 1. The average molecular weight is 321 g/mol. The van der Waals surface area contributed by atoms with Crippen molar-refractivity contribution in [2.45, 2.75) is 44.6 Å². The zero-order chi connectivity index (χ0) is 16.4. The number of fused-ring (bicyclic) bond motifs is 1. The van der Waals surface area contributed by atoms with Gasteiger partial charge in [-0.15, -0.1) is 0 Å². The smallest absolute Gasteiger partial charge is 0.257 e. The van der Waals surface area contributed by atoms with Crippen LogP contribution in [0.3, 0.4) is 0 Å². The van der Waals surface area contributed by atoms with E-state index < -0.39 is 0 Å². The van der Waals surface area contributed by atoms with E-state index in [0.717, 1.165) is 24.9 Å². The topological polar surface area (TPSA) is 46.1 Å². The van der Waals surface area contributed by atoms with Crippen molar-refractivity contribution >= 4 is 5.91 Å². The molecule has 1 aliphatic carbocycles. The number of aromatic nitrogens is 2. The second kappa shape index (κ2) is 6.71. The molecule has 0 bridgehead atoms. The Labute approximate surface area is 142 Å². The predicted octanol–water partition coefficient (Wildman–Crippen LogP) is 3.94. The molecule has 1 saturated carbocycles. The van der Waals surface area contributed by atoms with E-state index in [1.54, 1.807) is 12.4 Å². The molecule has 0 unspecified atom stereocenters. The molecule has 1 amide bonds. The summed E-state index contributed by atoms with van der Waals surface area (Å²) >= 11 is 0. The van der Waals surface area contributed by atoms with E-state index in [1.165, 1.54) is 25.7 Å². The Balaban J connectivity index is 1.53. The van der Waals surface area contributed by atoms with E-state index in [1.807, 2.05) is 30.3 Å². The number of hydrogen-bond donors (Lipinski definition) is 0. The molecule has 2 aliphatic rings. The van der Waals surface area contributed by atoms with Crippen molar-refractivity contribution in [3.63, 3.8) is 0 Å². The van der Waals surface area contributed by atoms with Gasteiger partial charge in [0.05, 0.1) is 5.56 Å². The highest BCUT2D eigenvalue weighted by atomic mass is 16.2. The van der Waals surface area contributed by atoms with E-state index in [2.05, 4.69) is 14.9 Å². The van der Waals surface area contributed by atoms with Crippen LogP contribution >= 0.6 is 0 Å². The highest BCUT2D eigenvalue weighted by molar-refractivity contribution is 5.94. The minimum Gasteiger partial charge on any atom is -0.335 e.